The van der Waals surface area contributed by atoms with Gasteiger partial charge in [-0.1, -0.05) is 24.3 Å². The highest BCUT2D eigenvalue weighted by Crippen LogP contribution is 2.24. The molecule has 1 amide bonds. The van der Waals surface area contributed by atoms with Crippen LogP contribution >= 0.6 is 0 Å². The number of fused-ring (bicyclic) bond motifs is 1. The maximum absolute atomic E-state index is 12.3. The van der Waals surface area contributed by atoms with E-state index in [2.05, 4.69) is 29.6 Å². The van der Waals surface area contributed by atoms with Gasteiger partial charge in [-0.2, -0.15) is 0 Å². The standard InChI is InChI=1S/C16H22N2O/c19-16(6-5-13-7-9-17-10-8-13)18-11-14-3-1-2-4-15(14)12-18/h1-4,13,17H,5-12H2. The normalized spacial score (nSPS) is 19.5. The van der Waals surface area contributed by atoms with Gasteiger partial charge in [0.05, 0.1) is 0 Å². The third-order valence-corrected chi connectivity index (χ3v) is 4.42. The van der Waals surface area contributed by atoms with Gasteiger partial charge in [-0.25, -0.2) is 0 Å². The largest absolute Gasteiger partial charge is 0.334 e. The summed E-state index contributed by atoms with van der Waals surface area (Å²) in [6.45, 7) is 3.85. The summed E-state index contributed by atoms with van der Waals surface area (Å²) < 4.78 is 0. The van der Waals surface area contributed by atoms with Crippen LogP contribution in [0.2, 0.25) is 0 Å². The second-order valence-corrected chi connectivity index (χ2v) is 5.75. The Balaban J connectivity index is 1.49. The van der Waals surface area contributed by atoms with E-state index in [9.17, 15) is 4.79 Å². The first-order valence-electron chi connectivity index (χ1n) is 7.38. The van der Waals surface area contributed by atoms with Crippen molar-refractivity contribution in [2.75, 3.05) is 13.1 Å². The fraction of sp³-hybridized carbons (Fsp3) is 0.562. The van der Waals surface area contributed by atoms with Gasteiger partial charge in [0.1, 0.15) is 0 Å². The second kappa shape index (κ2) is 5.74. The minimum Gasteiger partial charge on any atom is -0.334 e. The number of rotatable bonds is 3. The molecule has 1 aromatic rings. The van der Waals surface area contributed by atoms with Gasteiger partial charge >= 0.3 is 0 Å². The average molecular weight is 258 g/mol. The van der Waals surface area contributed by atoms with Crippen molar-refractivity contribution in [2.24, 2.45) is 5.92 Å². The molecule has 2 aliphatic heterocycles. The Morgan fingerprint density at radius 2 is 1.79 bits per heavy atom. The number of benzene rings is 1. The first-order chi connectivity index (χ1) is 9.33. The monoisotopic (exact) mass is 258 g/mol. The number of hydrogen-bond acceptors (Lipinski definition) is 2. The number of piperidine rings is 1. The van der Waals surface area contributed by atoms with E-state index in [1.807, 2.05) is 4.90 Å². The predicted octanol–water partition coefficient (Wildman–Crippen LogP) is 2.31. The van der Waals surface area contributed by atoms with Gasteiger partial charge in [0.2, 0.25) is 5.91 Å². The summed E-state index contributed by atoms with van der Waals surface area (Å²) in [6, 6.07) is 8.38. The van der Waals surface area contributed by atoms with E-state index in [4.69, 9.17) is 0 Å². The highest BCUT2D eigenvalue weighted by atomic mass is 16.2. The number of hydrogen-bond donors (Lipinski definition) is 1. The molecule has 0 aliphatic carbocycles. The molecule has 0 aromatic heterocycles. The molecule has 1 N–H and O–H groups in total. The molecule has 1 aromatic carbocycles. The molecule has 102 valence electrons. The van der Waals surface area contributed by atoms with Crippen LogP contribution in [0.3, 0.4) is 0 Å². The lowest BCUT2D eigenvalue weighted by Gasteiger charge is -2.23. The van der Waals surface area contributed by atoms with E-state index in [0.29, 0.717) is 5.91 Å². The van der Waals surface area contributed by atoms with Crippen molar-refractivity contribution in [3.8, 4) is 0 Å². The highest BCUT2D eigenvalue weighted by Gasteiger charge is 2.23. The topological polar surface area (TPSA) is 32.3 Å². The lowest BCUT2D eigenvalue weighted by Crippen LogP contribution is -2.30. The molecule has 0 bridgehead atoms. The smallest absolute Gasteiger partial charge is 0.223 e. The summed E-state index contributed by atoms with van der Waals surface area (Å²) in [4.78, 5) is 14.3. The number of amides is 1. The predicted molar refractivity (Wildman–Crippen MR) is 75.5 cm³/mol. The van der Waals surface area contributed by atoms with Crippen LogP contribution in [-0.2, 0) is 17.9 Å². The molecular weight excluding hydrogens is 236 g/mol. The summed E-state index contributed by atoms with van der Waals surface area (Å²) in [5.41, 5.74) is 2.63. The third kappa shape index (κ3) is 2.98. The Bertz CT molecular complexity index is 427. The molecule has 1 fully saturated rings. The third-order valence-electron chi connectivity index (χ3n) is 4.42. The van der Waals surface area contributed by atoms with E-state index in [-0.39, 0.29) is 0 Å². The zero-order valence-corrected chi connectivity index (χ0v) is 11.4. The van der Waals surface area contributed by atoms with Crippen LogP contribution in [0.4, 0.5) is 0 Å². The quantitative estimate of drug-likeness (QED) is 0.902. The van der Waals surface area contributed by atoms with Crippen LogP contribution in [0.1, 0.15) is 36.8 Å². The van der Waals surface area contributed by atoms with Gasteiger partial charge in [-0.3, -0.25) is 4.79 Å². The highest BCUT2D eigenvalue weighted by molar-refractivity contribution is 5.77. The lowest BCUT2D eigenvalue weighted by molar-refractivity contribution is -0.132. The zero-order chi connectivity index (χ0) is 13.1. The second-order valence-electron chi connectivity index (χ2n) is 5.75. The summed E-state index contributed by atoms with van der Waals surface area (Å²) in [7, 11) is 0. The SMILES string of the molecule is O=C(CCC1CCNCC1)N1Cc2ccccc2C1. The molecule has 2 aliphatic rings. The van der Waals surface area contributed by atoms with Gasteiger partial charge in [0.15, 0.2) is 0 Å². The van der Waals surface area contributed by atoms with Crippen LogP contribution in [-0.4, -0.2) is 23.9 Å². The van der Waals surface area contributed by atoms with E-state index in [1.54, 1.807) is 0 Å². The van der Waals surface area contributed by atoms with E-state index >= 15 is 0 Å². The van der Waals surface area contributed by atoms with Gasteiger partial charge in [0.25, 0.3) is 0 Å². The number of nitrogens with zero attached hydrogens (tertiary/aromatic N) is 1. The first kappa shape index (κ1) is 12.7. The Morgan fingerprint density at radius 3 is 2.42 bits per heavy atom. The molecule has 2 heterocycles. The van der Waals surface area contributed by atoms with Crippen molar-refractivity contribution in [3.05, 3.63) is 35.4 Å². The summed E-state index contributed by atoms with van der Waals surface area (Å²) in [6.07, 6.45) is 4.24. The molecule has 0 atom stereocenters. The van der Waals surface area contributed by atoms with Gasteiger partial charge in [-0.15, -0.1) is 0 Å². The van der Waals surface area contributed by atoms with Crippen LogP contribution < -0.4 is 5.32 Å². The number of carbonyl (C=O) groups is 1. The van der Waals surface area contributed by atoms with Crippen LogP contribution in [0.15, 0.2) is 24.3 Å². The van der Waals surface area contributed by atoms with Crippen LogP contribution in [0.25, 0.3) is 0 Å². The Morgan fingerprint density at radius 1 is 1.16 bits per heavy atom. The molecule has 19 heavy (non-hydrogen) atoms. The summed E-state index contributed by atoms with van der Waals surface area (Å²) >= 11 is 0. The maximum Gasteiger partial charge on any atom is 0.223 e. The Hall–Kier alpha value is -1.35. The van der Waals surface area contributed by atoms with Crippen molar-refractivity contribution in [1.29, 1.82) is 0 Å². The molecule has 3 heteroatoms. The molecule has 3 rings (SSSR count). The molecule has 0 unspecified atom stereocenters. The fourth-order valence-electron chi connectivity index (χ4n) is 3.17. The van der Waals surface area contributed by atoms with Crippen molar-refractivity contribution in [2.45, 2.75) is 38.8 Å². The van der Waals surface area contributed by atoms with Crippen molar-refractivity contribution < 1.29 is 4.79 Å². The molecule has 3 nitrogen and oxygen atoms in total. The number of nitrogens with one attached hydrogen (secondary N) is 1. The minimum atomic E-state index is 0.328. The van der Waals surface area contributed by atoms with Crippen LogP contribution in [0.5, 0.6) is 0 Å². The zero-order valence-electron chi connectivity index (χ0n) is 11.4. The number of carbonyl (C=O) groups excluding carboxylic acids is 1. The molecule has 0 radical (unpaired) electrons. The Labute approximate surface area is 115 Å². The van der Waals surface area contributed by atoms with E-state index < -0.39 is 0 Å². The van der Waals surface area contributed by atoms with Crippen molar-refractivity contribution >= 4 is 5.91 Å². The van der Waals surface area contributed by atoms with Crippen molar-refractivity contribution in [3.63, 3.8) is 0 Å². The van der Waals surface area contributed by atoms with Crippen molar-refractivity contribution in [1.82, 2.24) is 10.2 Å². The Kier molecular flexibility index (Phi) is 3.83. The van der Waals surface area contributed by atoms with Crippen LogP contribution in [0, 0.1) is 5.92 Å². The molecule has 0 spiro atoms. The van der Waals surface area contributed by atoms with E-state index in [1.165, 1.54) is 24.0 Å². The van der Waals surface area contributed by atoms with Gasteiger partial charge in [-0.05, 0) is 49.4 Å². The summed E-state index contributed by atoms with van der Waals surface area (Å²) in [5.74, 6) is 1.07. The van der Waals surface area contributed by atoms with Gasteiger partial charge < -0.3 is 10.2 Å². The molecule has 1 saturated heterocycles. The summed E-state index contributed by atoms with van der Waals surface area (Å²) in [5, 5.41) is 3.37. The maximum atomic E-state index is 12.3. The molecular formula is C16H22N2O. The molecule has 0 saturated carbocycles. The average Bonchev–Trinajstić information content (AvgIpc) is 2.90. The first-order valence-corrected chi connectivity index (χ1v) is 7.38. The van der Waals surface area contributed by atoms with E-state index in [0.717, 1.165) is 44.9 Å². The fourth-order valence-corrected chi connectivity index (χ4v) is 3.17. The van der Waals surface area contributed by atoms with Gasteiger partial charge in [0, 0.05) is 19.5 Å². The lowest BCUT2D eigenvalue weighted by atomic mass is 9.93. The minimum absolute atomic E-state index is 0.328.